The first-order valence-electron chi connectivity index (χ1n) is 5.06. The van der Waals surface area contributed by atoms with Crippen molar-refractivity contribution in [3.05, 3.63) is 30.1 Å². The highest BCUT2D eigenvalue weighted by Crippen LogP contribution is 2.08. The van der Waals surface area contributed by atoms with Crippen LogP contribution in [0.4, 0.5) is 0 Å². The highest BCUT2D eigenvalue weighted by molar-refractivity contribution is 5.78. The zero-order valence-electron chi connectivity index (χ0n) is 9.10. The van der Waals surface area contributed by atoms with Gasteiger partial charge < -0.3 is 11.1 Å². The number of carbonyl (C=O) groups excluding carboxylic acids is 1. The lowest BCUT2D eigenvalue weighted by molar-refractivity contribution is -0.124. The number of nitrogens with zero attached hydrogens (tertiary/aromatic N) is 1. The Morgan fingerprint density at radius 2 is 2.27 bits per heavy atom. The van der Waals surface area contributed by atoms with Crippen molar-refractivity contribution in [2.24, 2.45) is 11.7 Å². The van der Waals surface area contributed by atoms with E-state index in [0.717, 1.165) is 5.69 Å². The van der Waals surface area contributed by atoms with Crippen LogP contribution in [0.5, 0.6) is 0 Å². The summed E-state index contributed by atoms with van der Waals surface area (Å²) in [5, 5.41) is 2.87. The van der Waals surface area contributed by atoms with E-state index in [2.05, 4.69) is 10.3 Å². The fourth-order valence-electron chi connectivity index (χ4n) is 1.17. The van der Waals surface area contributed by atoms with E-state index in [9.17, 15) is 4.79 Å². The third kappa shape index (κ3) is 3.32. The minimum absolute atomic E-state index is 0.0318. The minimum atomic E-state index is -0.156. The quantitative estimate of drug-likeness (QED) is 0.769. The number of pyridine rings is 1. The molecule has 0 aliphatic rings. The molecule has 0 saturated carbocycles. The first kappa shape index (κ1) is 11.7. The van der Waals surface area contributed by atoms with E-state index in [1.807, 2.05) is 25.1 Å². The van der Waals surface area contributed by atoms with Gasteiger partial charge in [0.15, 0.2) is 0 Å². The minimum Gasteiger partial charge on any atom is -0.348 e. The van der Waals surface area contributed by atoms with Gasteiger partial charge in [-0.15, -0.1) is 0 Å². The number of hydrogen-bond acceptors (Lipinski definition) is 3. The van der Waals surface area contributed by atoms with Gasteiger partial charge in [0, 0.05) is 18.7 Å². The number of aromatic nitrogens is 1. The second-order valence-electron chi connectivity index (χ2n) is 3.62. The van der Waals surface area contributed by atoms with Crippen molar-refractivity contribution in [2.45, 2.75) is 19.9 Å². The summed E-state index contributed by atoms with van der Waals surface area (Å²) in [6.07, 6.45) is 1.71. The molecule has 82 valence electrons. The van der Waals surface area contributed by atoms with Crippen LogP contribution in [0.3, 0.4) is 0 Å². The molecule has 3 N–H and O–H groups in total. The van der Waals surface area contributed by atoms with Crippen LogP contribution in [0.25, 0.3) is 0 Å². The number of rotatable bonds is 4. The van der Waals surface area contributed by atoms with Gasteiger partial charge in [0.25, 0.3) is 0 Å². The van der Waals surface area contributed by atoms with Gasteiger partial charge in [-0.3, -0.25) is 9.78 Å². The molecule has 1 rings (SSSR count). The van der Waals surface area contributed by atoms with Gasteiger partial charge in [-0.2, -0.15) is 0 Å². The molecular weight excluding hydrogens is 190 g/mol. The Kier molecular flexibility index (Phi) is 4.24. The molecule has 0 aliphatic heterocycles. The molecule has 0 fully saturated rings. The van der Waals surface area contributed by atoms with Gasteiger partial charge in [-0.05, 0) is 19.1 Å². The van der Waals surface area contributed by atoms with Crippen molar-refractivity contribution in [3.63, 3.8) is 0 Å². The topological polar surface area (TPSA) is 68.0 Å². The molecule has 1 aromatic rings. The molecule has 1 aromatic heterocycles. The fraction of sp³-hybridized carbons (Fsp3) is 0.455. The lowest BCUT2D eigenvalue weighted by atomic mass is 10.1. The number of nitrogens with one attached hydrogen (secondary N) is 1. The molecule has 0 aromatic carbocycles. The van der Waals surface area contributed by atoms with E-state index >= 15 is 0 Å². The standard InChI is InChI=1S/C11H17N3O/c1-8(7-12)11(15)14-9(2)10-5-3-4-6-13-10/h3-6,8-9H,7,12H2,1-2H3,(H,14,15). The number of amides is 1. The molecule has 0 radical (unpaired) electrons. The van der Waals surface area contributed by atoms with Crippen LogP contribution >= 0.6 is 0 Å². The van der Waals surface area contributed by atoms with Crippen LogP contribution in [-0.4, -0.2) is 17.4 Å². The Labute approximate surface area is 89.9 Å². The molecular formula is C11H17N3O. The molecule has 0 bridgehead atoms. The zero-order chi connectivity index (χ0) is 11.3. The third-order valence-corrected chi connectivity index (χ3v) is 2.29. The lowest BCUT2D eigenvalue weighted by Gasteiger charge is -2.15. The summed E-state index contributed by atoms with van der Waals surface area (Å²) in [4.78, 5) is 15.7. The zero-order valence-corrected chi connectivity index (χ0v) is 9.10. The first-order chi connectivity index (χ1) is 7.15. The van der Waals surface area contributed by atoms with Gasteiger partial charge in [0.05, 0.1) is 11.7 Å². The summed E-state index contributed by atoms with van der Waals surface area (Å²) in [6, 6.07) is 5.56. The molecule has 2 unspecified atom stereocenters. The highest BCUT2D eigenvalue weighted by Gasteiger charge is 2.14. The van der Waals surface area contributed by atoms with Crippen LogP contribution in [0, 0.1) is 5.92 Å². The van der Waals surface area contributed by atoms with Crippen molar-refractivity contribution in [3.8, 4) is 0 Å². The van der Waals surface area contributed by atoms with Crippen molar-refractivity contribution < 1.29 is 4.79 Å². The van der Waals surface area contributed by atoms with E-state index in [0.29, 0.717) is 6.54 Å². The lowest BCUT2D eigenvalue weighted by Crippen LogP contribution is -2.35. The van der Waals surface area contributed by atoms with Crippen molar-refractivity contribution >= 4 is 5.91 Å². The molecule has 15 heavy (non-hydrogen) atoms. The molecule has 0 spiro atoms. The molecule has 0 aliphatic carbocycles. The maximum atomic E-state index is 11.5. The van der Waals surface area contributed by atoms with E-state index in [-0.39, 0.29) is 17.9 Å². The Hall–Kier alpha value is -1.42. The maximum absolute atomic E-state index is 11.5. The van der Waals surface area contributed by atoms with Crippen LogP contribution in [0.15, 0.2) is 24.4 Å². The first-order valence-corrected chi connectivity index (χ1v) is 5.06. The summed E-state index contributed by atoms with van der Waals surface area (Å²) < 4.78 is 0. The normalized spacial score (nSPS) is 14.3. The Morgan fingerprint density at radius 1 is 1.53 bits per heavy atom. The van der Waals surface area contributed by atoms with Gasteiger partial charge in [-0.25, -0.2) is 0 Å². The van der Waals surface area contributed by atoms with E-state index in [1.165, 1.54) is 0 Å². The number of hydrogen-bond donors (Lipinski definition) is 2. The van der Waals surface area contributed by atoms with Crippen LogP contribution in [0.1, 0.15) is 25.6 Å². The van der Waals surface area contributed by atoms with E-state index in [1.54, 1.807) is 13.1 Å². The van der Waals surface area contributed by atoms with Crippen molar-refractivity contribution in [2.75, 3.05) is 6.54 Å². The fourth-order valence-corrected chi connectivity index (χ4v) is 1.17. The second kappa shape index (κ2) is 5.46. The van der Waals surface area contributed by atoms with E-state index < -0.39 is 0 Å². The largest absolute Gasteiger partial charge is 0.348 e. The molecule has 4 heteroatoms. The molecule has 0 saturated heterocycles. The predicted molar refractivity (Wildman–Crippen MR) is 59.0 cm³/mol. The molecule has 2 atom stereocenters. The van der Waals surface area contributed by atoms with Crippen molar-refractivity contribution in [1.82, 2.24) is 10.3 Å². The monoisotopic (exact) mass is 207 g/mol. The van der Waals surface area contributed by atoms with E-state index in [4.69, 9.17) is 5.73 Å². The smallest absolute Gasteiger partial charge is 0.224 e. The highest BCUT2D eigenvalue weighted by atomic mass is 16.1. The summed E-state index contributed by atoms with van der Waals surface area (Å²) in [5.74, 6) is -0.188. The van der Waals surface area contributed by atoms with Crippen LogP contribution in [-0.2, 0) is 4.79 Å². The van der Waals surface area contributed by atoms with Crippen LogP contribution < -0.4 is 11.1 Å². The number of carbonyl (C=O) groups is 1. The summed E-state index contributed by atoms with van der Waals surface area (Å²) >= 11 is 0. The average molecular weight is 207 g/mol. The molecule has 1 heterocycles. The van der Waals surface area contributed by atoms with Gasteiger partial charge >= 0.3 is 0 Å². The SMILES string of the molecule is CC(CN)C(=O)NC(C)c1ccccn1. The number of nitrogens with two attached hydrogens (primary N) is 1. The van der Waals surface area contributed by atoms with Gasteiger partial charge in [0.1, 0.15) is 0 Å². The Bertz CT molecular complexity index is 313. The second-order valence-corrected chi connectivity index (χ2v) is 3.62. The average Bonchev–Trinajstić information content (AvgIpc) is 2.29. The van der Waals surface area contributed by atoms with Gasteiger partial charge in [-0.1, -0.05) is 13.0 Å². The molecule has 1 amide bonds. The van der Waals surface area contributed by atoms with Crippen LogP contribution in [0.2, 0.25) is 0 Å². The van der Waals surface area contributed by atoms with Gasteiger partial charge in [0.2, 0.25) is 5.91 Å². The summed E-state index contributed by atoms with van der Waals surface area (Å²) in [6.45, 7) is 4.07. The van der Waals surface area contributed by atoms with Crippen molar-refractivity contribution in [1.29, 1.82) is 0 Å². The molecule has 4 nitrogen and oxygen atoms in total. The Morgan fingerprint density at radius 3 is 2.80 bits per heavy atom. The third-order valence-electron chi connectivity index (χ3n) is 2.29. The Balaban J connectivity index is 2.56. The predicted octanol–water partition coefficient (Wildman–Crippen LogP) is 0.854. The summed E-state index contributed by atoms with van der Waals surface area (Å²) in [7, 11) is 0. The summed E-state index contributed by atoms with van der Waals surface area (Å²) in [5.41, 5.74) is 6.27. The maximum Gasteiger partial charge on any atom is 0.224 e.